The molecule has 2 heterocycles. The zero-order valence-corrected chi connectivity index (χ0v) is 12.8. The van der Waals surface area contributed by atoms with Crippen molar-refractivity contribution in [2.45, 2.75) is 42.6 Å². The van der Waals surface area contributed by atoms with E-state index in [2.05, 4.69) is 41.3 Å². The van der Waals surface area contributed by atoms with Gasteiger partial charge in [-0.15, -0.1) is 11.8 Å². The van der Waals surface area contributed by atoms with Crippen molar-refractivity contribution in [3.8, 4) is 0 Å². The summed E-state index contributed by atoms with van der Waals surface area (Å²) in [6, 6.07) is 8.38. The lowest BCUT2D eigenvalue weighted by Gasteiger charge is -2.07. The first-order valence-corrected chi connectivity index (χ1v) is 8.10. The summed E-state index contributed by atoms with van der Waals surface area (Å²) in [5.74, 6) is 1.97. The summed E-state index contributed by atoms with van der Waals surface area (Å²) < 4.78 is 11.1. The fourth-order valence-electron chi connectivity index (χ4n) is 2.37. The van der Waals surface area contributed by atoms with Crippen LogP contribution in [0.25, 0.3) is 0 Å². The number of nitrogens with zero attached hydrogens (tertiary/aromatic N) is 2. The Balaban J connectivity index is 1.58. The molecule has 5 nitrogen and oxygen atoms in total. The molecule has 1 fully saturated rings. The maximum Gasteiger partial charge on any atom is 0.255 e. The van der Waals surface area contributed by atoms with Crippen LogP contribution in [-0.4, -0.2) is 22.8 Å². The van der Waals surface area contributed by atoms with E-state index in [4.69, 9.17) is 15.0 Å². The number of ether oxygens (including phenoxy) is 1. The van der Waals surface area contributed by atoms with Gasteiger partial charge in [0.25, 0.3) is 5.89 Å². The third-order valence-corrected chi connectivity index (χ3v) is 4.48. The summed E-state index contributed by atoms with van der Waals surface area (Å²) in [7, 11) is 0. The van der Waals surface area contributed by atoms with Gasteiger partial charge in [0.05, 0.1) is 11.9 Å². The second kappa shape index (κ2) is 6.60. The van der Waals surface area contributed by atoms with E-state index in [0.29, 0.717) is 24.0 Å². The molecule has 2 atom stereocenters. The van der Waals surface area contributed by atoms with Crippen LogP contribution in [0.3, 0.4) is 0 Å². The SMILES string of the molecule is Cc1cccc(SCc2noc(C3CCC(CN)O3)n2)c1. The van der Waals surface area contributed by atoms with Crippen LogP contribution < -0.4 is 5.73 Å². The predicted octanol–water partition coefficient (Wildman–Crippen LogP) is 2.85. The smallest absolute Gasteiger partial charge is 0.255 e. The minimum absolute atomic E-state index is 0.0937. The first-order chi connectivity index (χ1) is 10.2. The average Bonchev–Trinajstić information content (AvgIpc) is 3.14. The highest BCUT2D eigenvalue weighted by Gasteiger charge is 2.29. The highest BCUT2D eigenvalue weighted by molar-refractivity contribution is 7.98. The molecule has 0 aliphatic carbocycles. The number of benzene rings is 1. The zero-order valence-electron chi connectivity index (χ0n) is 12.0. The maximum absolute atomic E-state index is 5.76. The Kier molecular flexibility index (Phi) is 4.57. The number of nitrogens with two attached hydrogens (primary N) is 1. The lowest BCUT2D eigenvalue weighted by atomic mass is 10.2. The molecule has 112 valence electrons. The van der Waals surface area contributed by atoms with E-state index in [-0.39, 0.29) is 12.2 Å². The van der Waals surface area contributed by atoms with E-state index in [1.807, 2.05) is 0 Å². The fourth-order valence-corrected chi connectivity index (χ4v) is 3.23. The molecule has 1 aromatic heterocycles. The van der Waals surface area contributed by atoms with Crippen LogP contribution in [0.2, 0.25) is 0 Å². The van der Waals surface area contributed by atoms with Gasteiger partial charge in [-0.25, -0.2) is 0 Å². The molecular weight excluding hydrogens is 286 g/mol. The maximum atomic E-state index is 5.76. The van der Waals surface area contributed by atoms with Crippen LogP contribution >= 0.6 is 11.8 Å². The molecule has 2 unspecified atom stereocenters. The predicted molar refractivity (Wildman–Crippen MR) is 80.9 cm³/mol. The molecule has 1 aliphatic rings. The zero-order chi connectivity index (χ0) is 14.7. The summed E-state index contributed by atoms with van der Waals surface area (Å²) in [5, 5.41) is 4.03. The molecule has 6 heteroatoms. The molecule has 0 saturated carbocycles. The van der Waals surface area contributed by atoms with Crippen molar-refractivity contribution in [3.63, 3.8) is 0 Å². The lowest BCUT2D eigenvalue weighted by molar-refractivity contribution is 0.0307. The van der Waals surface area contributed by atoms with Gasteiger partial charge in [-0.3, -0.25) is 0 Å². The van der Waals surface area contributed by atoms with Crippen LogP contribution in [0.15, 0.2) is 33.7 Å². The number of thioether (sulfide) groups is 1. The monoisotopic (exact) mass is 305 g/mol. The standard InChI is InChI=1S/C15H19N3O2S/c1-10-3-2-4-12(7-10)21-9-14-17-15(20-18-14)13-6-5-11(8-16)19-13/h2-4,7,11,13H,5-6,8-9,16H2,1H3. The molecule has 0 radical (unpaired) electrons. The van der Waals surface area contributed by atoms with Crippen LogP contribution in [0, 0.1) is 6.92 Å². The van der Waals surface area contributed by atoms with Gasteiger partial charge >= 0.3 is 0 Å². The van der Waals surface area contributed by atoms with Gasteiger partial charge < -0.3 is 15.0 Å². The Hall–Kier alpha value is -1.37. The molecule has 0 bridgehead atoms. The molecule has 3 rings (SSSR count). The summed E-state index contributed by atoms with van der Waals surface area (Å²) in [6.45, 7) is 2.63. The van der Waals surface area contributed by atoms with Crippen molar-refractivity contribution in [3.05, 3.63) is 41.5 Å². The summed E-state index contributed by atoms with van der Waals surface area (Å²) in [5.41, 5.74) is 6.86. The van der Waals surface area contributed by atoms with Crippen molar-refractivity contribution in [2.75, 3.05) is 6.54 Å². The molecular formula is C15H19N3O2S. The van der Waals surface area contributed by atoms with Gasteiger partial charge in [0, 0.05) is 11.4 Å². The van der Waals surface area contributed by atoms with Gasteiger partial charge in [-0.1, -0.05) is 22.9 Å². The minimum atomic E-state index is -0.0937. The van der Waals surface area contributed by atoms with Crippen molar-refractivity contribution < 1.29 is 9.26 Å². The third-order valence-electron chi connectivity index (χ3n) is 3.49. The van der Waals surface area contributed by atoms with Gasteiger partial charge in [0.2, 0.25) is 0 Å². The Morgan fingerprint density at radius 1 is 1.38 bits per heavy atom. The lowest BCUT2D eigenvalue weighted by Crippen LogP contribution is -2.18. The van der Waals surface area contributed by atoms with Crippen LogP contribution in [0.5, 0.6) is 0 Å². The van der Waals surface area contributed by atoms with E-state index in [1.165, 1.54) is 10.5 Å². The Morgan fingerprint density at radius 3 is 3.05 bits per heavy atom. The summed E-state index contributed by atoms with van der Waals surface area (Å²) >= 11 is 1.70. The average molecular weight is 305 g/mol. The summed E-state index contributed by atoms with van der Waals surface area (Å²) in [6.07, 6.45) is 1.88. The van der Waals surface area contributed by atoms with Gasteiger partial charge in [0.15, 0.2) is 5.82 Å². The highest BCUT2D eigenvalue weighted by Crippen LogP contribution is 2.31. The van der Waals surface area contributed by atoms with E-state index >= 15 is 0 Å². The van der Waals surface area contributed by atoms with E-state index in [9.17, 15) is 0 Å². The Bertz CT molecular complexity index is 602. The molecule has 0 amide bonds. The number of hydrogen-bond donors (Lipinski definition) is 1. The second-order valence-corrected chi connectivity index (χ2v) is 6.26. The van der Waals surface area contributed by atoms with Crippen molar-refractivity contribution in [1.29, 1.82) is 0 Å². The molecule has 1 aromatic carbocycles. The third kappa shape index (κ3) is 3.64. The number of aryl methyl sites for hydroxylation is 1. The second-order valence-electron chi connectivity index (χ2n) is 5.21. The molecule has 1 aliphatic heterocycles. The van der Waals surface area contributed by atoms with Gasteiger partial charge in [-0.05, 0) is 31.9 Å². The number of hydrogen-bond acceptors (Lipinski definition) is 6. The van der Waals surface area contributed by atoms with Crippen LogP contribution in [0.1, 0.15) is 36.2 Å². The van der Waals surface area contributed by atoms with Gasteiger partial charge in [-0.2, -0.15) is 4.98 Å². The molecule has 2 N–H and O–H groups in total. The Labute approximate surface area is 128 Å². The van der Waals surface area contributed by atoms with E-state index in [1.54, 1.807) is 11.8 Å². The Morgan fingerprint density at radius 2 is 2.29 bits per heavy atom. The first kappa shape index (κ1) is 14.6. The van der Waals surface area contributed by atoms with Crippen molar-refractivity contribution in [1.82, 2.24) is 10.1 Å². The van der Waals surface area contributed by atoms with Crippen molar-refractivity contribution >= 4 is 11.8 Å². The highest BCUT2D eigenvalue weighted by atomic mass is 32.2. The fraction of sp³-hybridized carbons (Fsp3) is 0.467. The van der Waals surface area contributed by atoms with E-state index < -0.39 is 0 Å². The molecule has 21 heavy (non-hydrogen) atoms. The topological polar surface area (TPSA) is 74.2 Å². The normalized spacial score (nSPS) is 21.8. The van der Waals surface area contributed by atoms with Crippen LogP contribution in [-0.2, 0) is 10.5 Å². The minimum Gasteiger partial charge on any atom is -0.364 e. The molecule has 2 aromatic rings. The van der Waals surface area contributed by atoms with E-state index in [0.717, 1.165) is 12.8 Å². The van der Waals surface area contributed by atoms with Crippen molar-refractivity contribution in [2.24, 2.45) is 5.73 Å². The quantitative estimate of drug-likeness (QED) is 0.856. The van der Waals surface area contributed by atoms with Gasteiger partial charge in [0.1, 0.15) is 6.10 Å². The molecule has 0 spiro atoms. The number of rotatable bonds is 5. The first-order valence-electron chi connectivity index (χ1n) is 7.12. The largest absolute Gasteiger partial charge is 0.364 e. The summed E-state index contributed by atoms with van der Waals surface area (Å²) in [4.78, 5) is 5.64. The van der Waals surface area contributed by atoms with Crippen LogP contribution in [0.4, 0.5) is 0 Å². The number of aromatic nitrogens is 2. The molecule has 1 saturated heterocycles.